The Morgan fingerprint density at radius 3 is 2.33 bits per heavy atom. The molecule has 2 amide bonds. The number of nitrogens with one attached hydrogen (secondary N) is 2. The molecule has 0 saturated carbocycles. The molecule has 0 aliphatic rings. The highest BCUT2D eigenvalue weighted by Crippen LogP contribution is 2.34. The molecule has 13 heteroatoms. The van der Waals surface area contributed by atoms with Gasteiger partial charge in [-0.25, -0.2) is 14.6 Å². The average Bonchev–Trinajstić information content (AvgIpc) is 3.44. The lowest BCUT2D eigenvalue weighted by molar-refractivity contribution is -0.115. The van der Waals surface area contributed by atoms with E-state index in [-0.39, 0.29) is 17.0 Å². The smallest absolute Gasteiger partial charge is 0.336 e. The fourth-order valence-electron chi connectivity index (χ4n) is 3.82. The minimum Gasteiger partial charge on any atom is -0.493 e. The number of nitrogens with zero attached hydrogens (tertiary/aromatic N) is 1. The van der Waals surface area contributed by atoms with Crippen molar-refractivity contribution < 1.29 is 38.9 Å². The number of thiazole rings is 1. The van der Waals surface area contributed by atoms with Crippen LogP contribution in [-0.2, 0) is 4.79 Å². The molecule has 11 nitrogen and oxygen atoms in total. The molecule has 216 valence electrons. The van der Waals surface area contributed by atoms with Gasteiger partial charge >= 0.3 is 11.9 Å². The Hall–Kier alpha value is -4.88. The maximum Gasteiger partial charge on any atom is 0.336 e. The van der Waals surface area contributed by atoms with Crippen LogP contribution in [0.3, 0.4) is 0 Å². The lowest BCUT2D eigenvalue weighted by Crippen LogP contribution is -2.22. The van der Waals surface area contributed by atoms with Gasteiger partial charge in [-0.1, -0.05) is 6.07 Å². The summed E-state index contributed by atoms with van der Waals surface area (Å²) in [6.45, 7) is 1.73. The summed E-state index contributed by atoms with van der Waals surface area (Å²) in [5.74, 6) is -2.56. The highest BCUT2D eigenvalue weighted by Gasteiger charge is 2.20. The van der Waals surface area contributed by atoms with E-state index in [1.807, 2.05) is 11.4 Å². The zero-order valence-corrected chi connectivity index (χ0v) is 24.2. The summed E-state index contributed by atoms with van der Waals surface area (Å²) in [4.78, 5) is 53.7. The van der Waals surface area contributed by atoms with E-state index in [0.717, 1.165) is 23.8 Å². The number of carbonyl (C=O) groups is 4. The number of anilines is 2. The first-order valence-corrected chi connectivity index (χ1v) is 14.0. The molecular formula is C29H25N3O8S2. The first kappa shape index (κ1) is 30.1. The van der Waals surface area contributed by atoms with Crippen LogP contribution in [0.4, 0.5) is 10.8 Å². The topological polar surface area (TPSA) is 164 Å². The maximum atomic E-state index is 12.9. The molecule has 1 aromatic heterocycles. The predicted octanol–water partition coefficient (Wildman–Crippen LogP) is 5.60. The minimum absolute atomic E-state index is 0.186. The number of carboxylic acids is 2. The molecule has 0 bridgehead atoms. The van der Waals surface area contributed by atoms with Gasteiger partial charge in [-0.2, -0.15) is 0 Å². The summed E-state index contributed by atoms with van der Waals surface area (Å²) < 4.78 is 10.6. The Bertz CT molecular complexity index is 1670. The molecule has 4 N–H and O–H groups in total. The van der Waals surface area contributed by atoms with Crippen molar-refractivity contribution in [1.29, 1.82) is 0 Å². The first-order valence-electron chi connectivity index (χ1n) is 12.3. The number of hydrogen-bond donors (Lipinski definition) is 4. The molecule has 4 rings (SSSR count). The number of aromatic nitrogens is 1. The summed E-state index contributed by atoms with van der Waals surface area (Å²) in [6.07, 6.45) is 0. The Labute approximate surface area is 248 Å². The third kappa shape index (κ3) is 7.06. The number of amides is 2. The summed E-state index contributed by atoms with van der Waals surface area (Å²) in [7, 11) is 3.11. The zero-order valence-electron chi connectivity index (χ0n) is 22.5. The summed E-state index contributed by atoms with van der Waals surface area (Å²) in [5.41, 5.74) is 0.983. The van der Waals surface area contributed by atoms with E-state index in [9.17, 15) is 24.3 Å². The van der Waals surface area contributed by atoms with Crippen molar-refractivity contribution in [1.82, 2.24) is 4.98 Å². The van der Waals surface area contributed by atoms with Gasteiger partial charge in [0.1, 0.15) is 0 Å². The van der Waals surface area contributed by atoms with Crippen LogP contribution in [0.2, 0.25) is 0 Å². The van der Waals surface area contributed by atoms with Gasteiger partial charge in [0.25, 0.3) is 5.91 Å². The van der Waals surface area contributed by atoms with Crippen LogP contribution in [-0.4, -0.2) is 58.4 Å². The van der Waals surface area contributed by atoms with Gasteiger partial charge in [0.15, 0.2) is 16.6 Å². The normalized spacial score (nSPS) is 11.3. The van der Waals surface area contributed by atoms with E-state index in [2.05, 4.69) is 15.6 Å². The summed E-state index contributed by atoms with van der Waals surface area (Å²) in [6, 6.07) is 15.4. The standard InChI is InChI=1S/C29H25N3O8S2/c1-15(25(33)32-29-31-22(14-41-29)16-8-10-23(39-2)24(12-16)40-3)42-19-6-4-5-18(13-19)30-26(34)20-9-7-17(27(35)36)11-21(20)28(37)38/h4-15H,1-3H3,(H,30,34)(H,35,36)(H,37,38)(H,31,32,33). The number of methoxy groups -OCH3 is 2. The van der Waals surface area contributed by atoms with E-state index in [1.54, 1.807) is 57.5 Å². The molecule has 42 heavy (non-hydrogen) atoms. The molecule has 0 fully saturated rings. The molecule has 1 unspecified atom stereocenters. The van der Waals surface area contributed by atoms with Crippen molar-refractivity contribution in [2.24, 2.45) is 0 Å². The highest BCUT2D eigenvalue weighted by atomic mass is 32.2. The van der Waals surface area contributed by atoms with Crippen molar-refractivity contribution in [3.63, 3.8) is 0 Å². The zero-order chi connectivity index (χ0) is 30.4. The number of rotatable bonds is 11. The van der Waals surface area contributed by atoms with Gasteiger partial charge in [0.05, 0.1) is 41.9 Å². The average molecular weight is 608 g/mol. The van der Waals surface area contributed by atoms with Crippen molar-refractivity contribution in [3.8, 4) is 22.8 Å². The predicted molar refractivity (Wildman–Crippen MR) is 159 cm³/mol. The van der Waals surface area contributed by atoms with E-state index in [0.29, 0.717) is 32.9 Å². The number of ether oxygens (including phenoxy) is 2. The minimum atomic E-state index is -1.43. The Morgan fingerprint density at radius 1 is 0.881 bits per heavy atom. The third-order valence-electron chi connectivity index (χ3n) is 5.93. The lowest BCUT2D eigenvalue weighted by atomic mass is 10.0. The van der Waals surface area contributed by atoms with Gasteiger partial charge < -0.3 is 30.3 Å². The van der Waals surface area contributed by atoms with E-state index in [1.165, 1.54) is 23.1 Å². The lowest BCUT2D eigenvalue weighted by Gasteiger charge is -2.12. The van der Waals surface area contributed by atoms with Gasteiger partial charge in [0.2, 0.25) is 5.91 Å². The Morgan fingerprint density at radius 2 is 1.64 bits per heavy atom. The Kier molecular flexibility index (Phi) is 9.45. The SMILES string of the molecule is COc1ccc(-c2csc(NC(=O)C(C)Sc3cccc(NC(=O)c4ccc(C(=O)O)cc4C(=O)O)c3)n2)cc1OC. The van der Waals surface area contributed by atoms with Gasteiger partial charge in [-0.3, -0.25) is 9.59 Å². The second-order valence-electron chi connectivity index (χ2n) is 8.71. The van der Waals surface area contributed by atoms with E-state index < -0.39 is 28.7 Å². The van der Waals surface area contributed by atoms with Gasteiger partial charge in [-0.05, 0) is 61.5 Å². The molecular weight excluding hydrogens is 582 g/mol. The van der Waals surface area contributed by atoms with Crippen LogP contribution in [0.5, 0.6) is 11.5 Å². The molecule has 1 heterocycles. The van der Waals surface area contributed by atoms with Crippen molar-refractivity contribution in [2.75, 3.05) is 24.9 Å². The van der Waals surface area contributed by atoms with Crippen LogP contribution in [0.25, 0.3) is 11.3 Å². The summed E-state index contributed by atoms with van der Waals surface area (Å²) >= 11 is 2.54. The van der Waals surface area contributed by atoms with Crippen molar-refractivity contribution >= 4 is 57.7 Å². The fraction of sp³-hybridized carbons (Fsp3) is 0.138. The molecule has 3 aromatic carbocycles. The third-order valence-corrected chi connectivity index (χ3v) is 7.78. The monoisotopic (exact) mass is 607 g/mol. The second kappa shape index (κ2) is 13.2. The number of benzene rings is 3. The molecule has 0 radical (unpaired) electrons. The molecule has 0 aliphatic heterocycles. The van der Waals surface area contributed by atoms with Gasteiger partial charge in [0, 0.05) is 21.5 Å². The maximum absolute atomic E-state index is 12.9. The number of carbonyl (C=O) groups excluding carboxylic acids is 2. The molecule has 0 spiro atoms. The van der Waals surface area contributed by atoms with Crippen molar-refractivity contribution in [2.45, 2.75) is 17.1 Å². The quantitative estimate of drug-likeness (QED) is 0.158. The first-order chi connectivity index (χ1) is 20.1. The van der Waals surface area contributed by atoms with Crippen molar-refractivity contribution in [3.05, 3.63) is 82.7 Å². The van der Waals surface area contributed by atoms with E-state index in [4.69, 9.17) is 14.6 Å². The molecule has 0 aliphatic carbocycles. The van der Waals surface area contributed by atoms with Crippen LogP contribution in [0, 0.1) is 0 Å². The number of thioether (sulfide) groups is 1. The second-order valence-corrected chi connectivity index (χ2v) is 11.0. The fourth-order valence-corrected chi connectivity index (χ4v) is 5.47. The number of aromatic carboxylic acids is 2. The van der Waals surface area contributed by atoms with E-state index >= 15 is 0 Å². The molecule has 0 saturated heterocycles. The summed E-state index contributed by atoms with van der Waals surface area (Å²) in [5, 5.41) is 25.8. The van der Waals surface area contributed by atoms with Crippen LogP contribution >= 0.6 is 23.1 Å². The molecule has 4 aromatic rings. The highest BCUT2D eigenvalue weighted by molar-refractivity contribution is 8.00. The Balaban J connectivity index is 1.40. The largest absolute Gasteiger partial charge is 0.493 e. The van der Waals surface area contributed by atoms with Crippen LogP contribution in [0.15, 0.2) is 70.9 Å². The van der Waals surface area contributed by atoms with Crippen LogP contribution < -0.4 is 20.1 Å². The van der Waals surface area contributed by atoms with Crippen LogP contribution in [0.1, 0.15) is 38.0 Å². The van der Waals surface area contributed by atoms with Gasteiger partial charge in [-0.15, -0.1) is 23.1 Å². The molecule has 1 atom stereocenters. The number of hydrogen-bond acceptors (Lipinski definition) is 9. The number of carboxylic acid groups (broad SMARTS) is 2.